The fraction of sp³-hybridized carbons (Fsp3) is 0.111. The van der Waals surface area contributed by atoms with E-state index in [1.807, 2.05) is 0 Å². The molecule has 1 amide bonds. The highest BCUT2D eigenvalue weighted by Crippen LogP contribution is 2.10. The number of amides is 1. The highest BCUT2D eigenvalue weighted by atomic mass is 32.1. The van der Waals surface area contributed by atoms with Crippen molar-refractivity contribution in [2.24, 2.45) is 5.73 Å². The van der Waals surface area contributed by atoms with Crippen LogP contribution in [-0.4, -0.2) is 21.1 Å². The van der Waals surface area contributed by atoms with Gasteiger partial charge in [0, 0.05) is 18.3 Å². The van der Waals surface area contributed by atoms with Gasteiger partial charge in [0.25, 0.3) is 5.91 Å². The Bertz CT molecular complexity index is 484. The van der Waals surface area contributed by atoms with Gasteiger partial charge in [-0.15, -0.1) is 10.2 Å². The summed E-state index contributed by atoms with van der Waals surface area (Å²) in [5.74, 6) is -0.242. The first-order chi connectivity index (χ1) is 7.79. The van der Waals surface area contributed by atoms with E-state index in [9.17, 15) is 4.79 Å². The molecule has 82 valence electrons. The number of aromatic nitrogens is 3. The minimum Gasteiger partial charge on any atom is -0.325 e. The Morgan fingerprint density at radius 2 is 2.44 bits per heavy atom. The first kappa shape index (κ1) is 10.7. The number of nitrogens with zero attached hydrogens (tertiary/aromatic N) is 3. The third-order valence-corrected chi connectivity index (χ3v) is 2.48. The minimum atomic E-state index is -0.242. The van der Waals surface area contributed by atoms with Crippen LogP contribution in [0.2, 0.25) is 0 Å². The van der Waals surface area contributed by atoms with Gasteiger partial charge < -0.3 is 5.73 Å². The maximum Gasteiger partial charge on any atom is 0.257 e. The van der Waals surface area contributed by atoms with Crippen molar-refractivity contribution in [3.63, 3.8) is 0 Å². The first-order valence-corrected chi connectivity index (χ1v) is 5.40. The van der Waals surface area contributed by atoms with E-state index in [0.29, 0.717) is 22.9 Å². The normalized spacial score (nSPS) is 10.1. The second-order valence-corrected chi connectivity index (χ2v) is 3.77. The Morgan fingerprint density at radius 3 is 3.12 bits per heavy atom. The van der Waals surface area contributed by atoms with Gasteiger partial charge in [-0.25, -0.2) is 0 Å². The topological polar surface area (TPSA) is 93.8 Å². The zero-order chi connectivity index (χ0) is 11.4. The molecule has 0 aliphatic carbocycles. The van der Waals surface area contributed by atoms with Crippen LogP contribution in [0, 0.1) is 0 Å². The predicted molar refractivity (Wildman–Crippen MR) is 60.0 cm³/mol. The molecule has 0 saturated carbocycles. The Labute approximate surface area is 95.5 Å². The molecule has 2 aromatic rings. The van der Waals surface area contributed by atoms with Gasteiger partial charge >= 0.3 is 0 Å². The molecule has 0 unspecified atom stereocenters. The summed E-state index contributed by atoms with van der Waals surface area (Å²) < 4.78 is 0. The fourth-order valence-electron chi connectivity index (χ4n) is 1.13. The van der Waals surface area contributed by atoms with Gasteiger partial charge in [0.15, 0.2) is 0 Å². The molecule has 0 spiro atoms. The number of carbonyl (C=O) groups excluding carboxylic acids is 1. The Morgan fingerprint density at radius 1 is 1.56 bits per heavy atom. The fourth-order valence-corrected chi connectivity index (χ4v) is 1.57. The zero-order valence-electron chi connectivity index (χ0n) is 8.25. The van der Waals surface area contributed by atoms with Crippen LogP contribution in [0.1, 0.15) is 16.1 Å². The lowest BCUT2D eigenvalue weighted by Gasteiger charge is -2.02. The summed E-state index contributed by atoms with van der Waals surface area (Å²) in [4.78, 5) is 15.7. The van der Waals surface area contributed by atoms with Crippen LogP contribution < -0.4 is 11.1 Å². The van der Waals surface area contributed by atoms with Crippen molar-refractivity contribution in [2.45, 2.75) is 6.54 Å². The SMILES string of the molecule is NCc1cc(C(=O)Nc2nncs2)ccn1. The molecule has 0 saturated heterocycles. The molecule has 3 N–H and O–H groups in total. The van der Waals surface area contributed by atoms with Gasteiger partial charge in [-0.05, 0) is 12.1 Å². The van der Waals surface area contributed by atoms with Crippen LogP contribution in [-0.2, 0) is 6.54 Å². The summed E-state index contributed by atoms with van der Waals surface area (Å²) in [6.45, 7) is 0.305. The number of hydrogen-bond donors (Lipinski definition) is 2. The van der Waals surface area contributed by atoms with E-state index in [0.717, 1.165) is 0 Å². The highest BCUT2D eigenvalue weighted by Gasteiger charge is 2.08. The smallest absolute Gasteiger partial charge is 0.257 e. The van der Waals surface area contributed by atoms with Gasteiger partial charge in [-0.1, -0.05) is 11.3 Å². The number of pyridine rings is 1. The van der Waals surface area contributed by atoms with E-state index in [1.54, 1.807) is 23.8 Å². The third-order valence-electron chi connectivity index (χ3n) is 1.87. The summed E-state index contributed by atoms with van der Waals surface area (Å²) >= 11 is 1.26. The predicted octanol–water partition coefficient (Wildman–Crippen LogP) is 0.644. The Hall–Kier alpha value is -1.86. The number of hydrogen-bond acceptors (Lipinski definition) is 6. The summed E-state index contributed by atoms with van der Waals surface area (Å²) in [7, 11) is 0. The van der Waals surface area contributed by atoms with Crippen molar-refractivity contribution in [3.8, 4) is 0 Å². The van der Waals surface area contributed by atoms with Crippen molar-refractivity contribution in [1.82, 2.24) is 15.2 Å². The van der Waals surface area contributed by atoms with Crippen molar-refractivity contribution in [1.29, 1.82) is 0 Å². The number of anilines is 1. The van der Waals surface area contributed by atoms with Crippen LogP contribution in [0.5, 0.6) is 0 Å². The minimum absolute atomic E-state index is 0.242. The van der Waals surface area contributed by atoms with E-state index in [1.165, 1.54) is 11.3 Å². The largest absolute Gasteiger partial charge is 0.325 e. The lowest BCUT2D eigenvalue weighted by atomic mass is 10.2. The van der Waals surface area contributed by atoms with Crippen molar-refractivity contribution < 1.29 is 4.79 Å². The van der Waals surface area contributed by atoms with Gasteiger partial charge in [0.1, 0.15) is 5.51 Å². The summed E-state index contributed by atoms with van der Waals surface area (Å²) in [5.41, 5.74) is 8.17. The summed E-state index contributed by atoms with van der Waals surface area (Å²) in [6.07, 6.45) is 1.55. The van der Waals surface area contributed by atoms with Gasteiger partial charge in [-0.2, -0.15) is 0 Å². The molecule has 0 aliphatic heterocycles. The van der Waals surface area contributed by atoms with Gasteiger partial charge in [0.2, 0.25) is 5.13 Å². The molecule has 0 fully saturated rings. The molecule has 2 aromatic heterocycles. The monoisotopic (exact) mass is 235 g/mol. The lowest BCUT2D eigenvalue weighted by Crippen LogP contribution is -2.13. The van der Waals surface area contributed by atoms with Crippen LogP contribution in [0.25, 0.3) is 0 Å². The Kier molecular flexibility index (Phi) is 3.18. The van der Waals surface area contributed by atoms with Crippen molar-refractivity contribution in [3.05, 3.63) is 35.1 Å². The van der Waals surface area contributed by atoms with E-state index >= 15 is 0 Å². The second-order valence-electron chi connectivity index (χ2n) is 2.94. The maximum atomic E-state index is 11.7. The van der Waals surface area contributed by atoms with E-state index in [2.05, 4.69) is 20.5 Å². The van der Waals surface area contributed by atoms with Gasteiger partial charge in [0.05, 0.1) is 5.69 Å². The molecule has 7 heteroatoms. The number of carbonyl (C=O) groups is 1. The third kappa shape index (κ3) is 2.38. The molecule has 0 aliphatic rings. The standard InChI is InChI=1S/C9H9N5OS/c10-4-7-3-6(1-2-11-7)8(15)13-9-14-12-5-16-9/h1-3,5H,4,10H2,(H,13,14,15). The number of nitrogens with one attached hydrogen (secondary N) is 1. The van der Waals surface area contributed by atoms with Crippen LogP contribution in [0.4, 0.5) is 5.13 Å². The summed E-state index contributed by atoms with van der Waals surface area (Å²) in [6, 6.07) is 3.27. The lowest BCUT2D eigenvalue weighted by molar-refractivity contribution is 0.102. The van der Waals surface area contributed by atoms with Gasteiger partial charge in [-0.3, -0.25) is 15.1 Å². The van der Waals surface area contributed by atoms with Crippen LogP contribution >= 0.6 is 11.3 Å². The Balaban J connectivity index is 2.14. The molecule has 2 rings (SSSR count). The first-order valence-electron chi connectivity index (χ1n) is 4.52. The zero-order valence-corrected chi connectivity index (χ0v) is 9.07. The maximum absolute atomic E-state index is 11.7. The summed E-state index contributed by atoms with van der Waals surface area (Å²) in [5, 5.41) is 10.4. The average molecular weight is 235 g/mol. The molecular formula is C9H9N5OS. The number of nitrogens with two attached hydrogens (primary N) is 1. The molecule has 16 heavy (non-hydrogen) atoms. The van der Waals surface area contributed by atoms with Crippen molar-refractivity contribution >= 4 is 22.4 Å². The van der Waals surface area contributed by atoms with Crippen LogP contribution in [0.3, 0.4) is 0 Å². The molecule has 0 bridgehead atoms. The number of rotatable bonds is 3. The van der Waals surface area contributed by atoms with Crippen LogP contribution in [0.15, 0.2) is 23.8 Å². The van der Waals surface area contributed by atoms with E-state index < -0.39 is 0 Å². The average Bonchev–Trinajstić information content (AvgIpc) is 2.82. The highest BCUT2D eigenvalue weighted by molar-refractivity contribution is 7.13. The van der Waals surface area contributed by atoms with E-state index in [4.69, 9.17) is 5.73 Å². The molecular weight excluding hydrogens is 226 g/mol. The second kappa shape index (κ2) is 4.77. The molecule has 0 atom stereocenters. The molecule has 0 radical (unpaired) electrons. The molecule has 0 aromatic carbocycles. The molecule has 6 nitrogen and oxygen atoms in total. The van der Waals surface area contributed by atoms with E-state index in [-0.39, 0.29) is 5.91 Å². The molecule has 2 heterocycles. The van der Waals surface area contributed by atoms with Crippen molar-refractivity contribution in [2.75, 3.05) is 5.32 Å². The quantitative estimate of drug-likeness (QED) is 0.814.